The lowest BCUT2D eigenvalue weighted by Gasteiger charge is -2.30. The van der Waals surface area contributed by atoms with Gasteiger partial charge in [0.05, 0.1) is 0 Å². The van der Waals surface area contributed by atoms with Gasteiger partial charge in [-0.15, -0.1) is 0 Å². The van der Waals surface area contributed by atoms with Crippen LogP contribution in [0.15, 0.2) is 24.3 Å². The van der Waals surface area contributed by atoms with Crippen molar-refractivity contribution in [1.29, 1.82) is 0 Å². The standard InChI is InChI=1S/C16H23NO/c18-10-9-16(13-5-6-13)17-15-8-7-12-3-1-2-4-14(12)11-15/h1-4,13,15-18H,5-11H2. The molecule has 1 aromatic carbocycles. The first-order valence-corrected chi connectivity index (χ1v) is 7.30. The Morgan fingerprint density at radius 1 is 1.17 bits per heavy atom. The second kappa shape index (κ2) is 5.41. The second-order valence-corrected chi connectivity index (χ2v) is 5.83. The predicted octanol–water partition coefficient (Wildman–Crippen LogP) is 2.29. The van der Waals surface area contributed by atoms with E-state index in [1.807, 2.05) is 0 Å². The molecule has 0 bridgehead atoms. The molecule has 2 nitrogen and oxygen atoms in total. The highest BCUT2D eigenvalue weighted by Gasteiger charge is 2.32. The van der Waals surface area contributed by atoms with Gasteiger partial charge < -0.3 is 10.4 Å². The summed E-state index contributed by atoms with van der Waals surface area (Å²) in [7, 11) is 0. The van der Waals surface area contributed by atoms with E-state index in [0.29, 0.717) is 18.7 Å². The molecule has 2 unspecified atom stereocenters. The van der Waals surface area contributed by atoms with Gasteiger partial charge in [-0.25, -0.2) is 0 Å². The van der Waals surface area contributed by atoms with Crippen LogP contribution < -0.4 is 5.32 Å². The van der Waals surface area contributed by atoms with Crippen LogP contribution in [0.5, 0.6) is 0 Å². The predicted molar refractivity (Wildman–Crippen MR) is 73.6 cm³/mol. The summed E-state index contributed by atoms with van der Waals surface area (Å²) in [5, 5.41) is 13.0. The molecule has 0 saturated heterocycles. The van der Waals surface area contributed by atoms with E-state index in [0.717, 1.165) is 18.8 Å². The number of rotatable bonds is 5. The second-order valence-electron chi connectivity index (χ2n) is 5.83. The molecule has 2 aliphatic rings. The lowest BCUT2D eigenvalue weighted by atomic mass is 9.87. The van der Waals surface area contributed by atoms with Crippen molar-refractivity contribution in [3.8, 4) is 0 Å². The molecule has 2 heteroatoms. The van der Waals surface area contributed by atoms with Crippen molar-refractivity contribution in [2.75, 3.05) is 6.61 Å². The molecule has 0 aromatic heterocycles. The van der Waals surface area contributed by atoms with E-state index in [1.165, 1.54) is 36.8 Å². The van der Waals surface area contributed by atoms with Gasteiger partial charge in [-0.2, -0.15) is 0 Å². The average Bonchev–Trinajstić information content (AvgIpc) is 3.22. The van der Waals surface area contributed by atoms with Gasteiger partial charge in [-0.3, -0.25) is 0 Å². The zero-order chi connectivity index (χ0) is 12.4. The molecule has 2 aliphatic carbocycles. The smallest absolute Gasteiger partial charge is 0.0445 e. The first kappa shape index (κ1) is 12.2. The Morgan fingerprint density at radius 2 is 1.94 bits per heavy atom. The Morgan fingerprint density at radius 3 is 2.67 bits per heavy atom. The highest BCUT2D eigenvalue weighted by Crippen LogP contribution is 2.34. The van der Waals surface area contributed by atoms with Crippen LogP contribution in [0.2, 0.25) is 0 Å². The lowest BCUT2D eigenvalue weighted by Crippen LogP contribution is -2.43. The Kier molecular flexibility index (Phi) is 3.67. The van der Waals surface area contributed by atoms with Gasteiger partial charge >= 0.3 is 0 Å². The number of hydrogen-bond acceptors (Lipinski definition) is 2. The van der Waals surface area contributed by atoms with Gasteiger partial charge in [0.1, 0.15) is 0 Å². The SMILES string of the molecule is OCCC(NC1CCc2ccccc2C1)C1CC1. The van der Waals surface area contributed by atoms with Gasteiger partial charge in [0.25, 0.3) is 0 Å². The van der Waals surface area contributed by atoms with Gasteiger partial charge in [0.2, 0.25) is 0 Å². The van der Waals surface area contributed by atoms with Crippen molar-refractivity contribution in [2.24, 2.45) is 5.92 Å². The van der Waals surface area contributed by atoms with Crippen LogP contribution in [0.4, 0.5) is 0 Å². The molecule has 0 aliphatic heterocycles. The van der Waals surface area contributed by atoms with Gasteiger partial charge in [-0.05, 0) is 55.6 Å². The Hall–Kier alpha value is -0.860. The molecule has 98 valence electrons. The molecule has 18 heavy (non-hydrogen) atoms. The van der Waals surface area contributed by atoms with Crippen LogP contribution in [0, 0.1) is 5.92 Å². The zero-order valence-electron chi connectivity index (χ0n) is 10.9. The molecular formula is C16H23NO. The number of aliphatic hydroxyl groups is 1. The van der Waals surface area contributed by atoms with Gasteiger partial charge in [0.15, 0.2) is 0 Å². The maximum atomic E-state index is 9.16. The summed E-state index contributed by atoms with van der Waals surface area (Å²) in [6, 6.07) is 9.97. The minimum Gasteiger partial charge on any atom is -0.396 e. The van der Waals surface area contributed by atoms with E-state index < -0.39 is 0 Å². The first-order valence-electron chi connectivity index (χ1n) is 7.30. The van der Waals surface area contributed by atoms with Gasteiger partial charge in [0, 0.05) is 18.7 Å². The summed E-state index contributed by atoms with van der Waals surface area (Å²) in [5.41, 5.74) is 3.04. The molecular weight excluding hydrogens is 222 g/mol. The third-order valence-corrected chi connectivity index (χ3v) is 4.43. The van der Waals surface area contributed by atoms with Crippen molar-refractivity contribution >= 4 is 0 Å². The number of fused-ring (bicyclic) bond motifs is 1. The third-order valence-electron chi connectivity index (χ3n) is 4.43. The highest BCUT2D eigenvalue weighted by molar-refractivity contribution is 5.30. The number of benzene rings is 1. The summed E-state index contributed by atoms with van der Waals surface area (Å²) in [5.74, 6) is 0.828. The molecule has 0 radical (unpaired) electrons. The number of nitrogens with one attached hydrogen (secondary N) is 1. The molecule has 2 atom stereocenters. The third kappa shape index (κ3) is 2.76. The van der Waals surface area contributed by atoms with E-state index in [2.05, 4.69) is 29.6 Å². The van der Waals surface area contributed by atoms with Crippen molar-refractivity contribution in [3.63, 3.8) is 0 Å². The fourth-order valence-electron chi connectivity index (χ4n) is 3.24. The topological polar surface area (TPSA) is 32.3 Å². The van der Waals surface area contributed by atoms with E-state index >= 15 is 0 Å². The molecule has 0 spiro atoms. The zero-order valence-corrected chi connectivity index (χ0v) is 10.9. The molecule has 2 N–H and O–H groups in total. The molecule has 3 rings (SSSR count). The van der Waals surface area contributed by atoms with E-state index in [-0.39, 0.29) is 0 Å². The fourth-order valence-corrected chi connectivity index (χ4v) is 3.24. The summed E-state index contributed by atoms with van der Waals surface area (Å²) >= 11 is 0. The van der Waals surface area contributed by atoms with Crippen LogP contribution in [0.25, 0.3) is 0 Å². The van der Waals surface area contributed by atoms with Crippen molar-refractivity contribution in [2.45, 2.75) is 50.6 Å². The quantitative estimate of drug-likeness (QED) is 0.834. The molecule has 1 aromatic rings. The first-order chi connectivity index (χ1) is 8.86. The summed E-state index contributed by atoms with van der Waals surface area (Å²) in [6.45, 7) is 0.317. The number of hydrogen-bond donors (Lipinski definition) is 2. The van der Waals surface area contributed by atoms with Crippen molar-refractivity contribution in [1.82, 2.24) is 5.32 Å². The van der Waals surface area contributed by atoms with Crippen molar-refractivity contribution in [3.05, 3.63) is 35.4 Å². The Bertz CT molecular complexity index is 400. The van der Waals surface area contributed by atoms with Crippen molar-refractivity contribution < 1.29 is 5.11 Å². The maximum Gasteiger partial charge on any atom is 0.0445 e. The van der Waals surface area contributed by atoms with E-state index in [1.54, 1.807) is 0 Å². The Balaban J connectivity index is 1.61. The van der Waals surface area contributed by atoms with E-state index in [4.69, 9.17) is 5.11 Å². The minimum absolute atomic E-state index is 0.317. The Labute approximate surface area is 109 Å². The fraction of sp³-hybridized carbons (Fsp3) is 0.625. The van der Waals surface area contributed by atoms with E-state index in [9.17, 15) is 0 Å². The van der Waals surface area contributed by atoms with Crippen LogP contribution >= 0.6 is 0 Å². The molecule has 1 fully saturated rings. The van der Waals surface area contributed by atoms with Crippen LogP contribution in [0.1, 0.15) is 36.8 Å². The monoisotopic (exact) mass is 245 g/mol. The maximum absolute atomic E-state index is 9.16. The summed E-state index contributed by atoms with van der Waals surface area (Å²) in [4.78, 5) is 0. The summed E-state index contributed by atoms with van der Waals surface area (Å²) in [6.07, 6.45) is 7.21. The minimum atomic E-state index is 0.317. The molecule has 1 saturated carbocycles. The average molecular weight is 245 g/mol. The van der Waals surface area contributed by atoms with Crippen LogP contribution in [-0.4, -0.2) is 23.8 Å². The molecule has 0 amide bonds. The lowest BCUT2D eigenvalue weighted by molar-refractivity contribution is 0.244. The van der Waals surface area contributed by atoms with Crippen LogP contribution in [-0.2, 0) is 12.8 Å². The van der Waals surface area contributed by atoms with Crippen LogP contribution in [0.3, 0.4) is 0 Å². The number of aryl methyl sites for hydroxylation is 1. The largest absolute Gasteiger partial charge is 0.396 e. The highest BCUT2D eigenvalue weighted by atomic mass is 16.3. The summed E-state index contributed by atoms with van der Waals surface area (Å²) < 4.78 is 0. The van der Waals surface area contributed by atoms with Gasteiger partial charge in [-0.1, -0.05) is 24.3 Å². The normalized spacial score (nSPS) is 24.6. The number of aliphatic hydroxyl groups excluding tert-OH is 1. The molecule has 0 heterocycles.